The minimum atomic E-state index is -3.69. The lowest BCUT2D eigenvalue weighted by atomic mass is 10.4. The third-order valence-corrected chi connectivity index (χ3v) is 3.94. The van der Waals surface area contributed by atoms with Gasteiger partial charge in [0.25, 0.3) is 0 Å². The zero-order valence-corrected chi connectivity index (χ0v) is 9.03. The Bertz CT molecular complexity index is 469. The van der Waals surface area contributed by atoms with Gasteiger partial charge in [-0.1, -0.05) is 9.59 Å². The van der Waals surface area contributed by atoms with Crippen LogP contribution in [0.5, 0.6) is 0 Å². The number of amides is 1. The van der Waals surface area contributed by atoms with Gasteiger partial charge < -0.3 is 0 Å². The van der Waals surface area contributed by atoms with Crippen molar-refractivity contribution in [2.75, 3.05) is 11.4 Å². The maximum Gasteiger partial charge on any atom is 0.234 e. The van der Waals surface area contributed by atoms with Crippen molar-refractivity contribution in [3.05, 3.63) is 0 Å². The molecule has 0 radical (unpaired) electrons. The van der Waals surface area contributed by atoms with Crippen LogP contribution in [-0.4, -0.2) is 40.9 Å². The van der Waals surface area contributed by atoms with E-state index >= 15 is 0 Å². The third-order valence-electron chi connectivity index (χ3n) is 2.07. The molecule has 8 nitrogen and oxygen atoms in total. The molecule has 0 aliphatic carbocycles. The second-order valence-electron chi connectivity index (χ2n) is 3.06. The van der Waals surface area contributed by atoms with E-state index in [0.29, 0.717) is 5.13 Å². The zero-order chi connectivity index (χ0) is 11.1. The van der Waals surface area contributed by atoms with Gasteiger partial charge in [-0.2, -0.15) is 0 Å². The number of anilines is 1. The van der Waals surface area contributed by atoms with Crippen molar-refractivity contribution in [3.8, 4) is 0 Å². The summed E-state index contributed by atoms with van der Waals surface area (Å²) in [4.78, 5) is 12.7. The van der Waals surface area contributed by atoms with Gasteiger partial charge in [-0.05, 0) is 5.21 Å². The highest BCUT2D eigenvalue weighted by molar-refractivity contribution is 7.89. The van der Waals surface area contributed by atoms with Crippen LogP contribution in [0.25, 0.3) is 0 Å². The van der Waals surface area contributed by atoms with Gasteiger partial charge >= 0.3 is 0 Å². The number of nitrogens with two attached hydrogens (primary N) is 1. The first-order chi connectivity index (χ1) is 6.98. The number of sulfonamides is 1. The summed E-state index contributed by atoms with van der Waals surface area (Å²) in [7, 11) is -3.69. The summed E-state index contributed by atoms with van der Waals surface area (Å²) in [6.07, 6.45) is -0.113. The van der Waals surface area contributed by atoms with Crippen LogP contribution in [0.15, 0.2) is 0 Å². The summed E-state index contributed by atoms with van der Waals surface area (Å²) in [5.74, 6) is -0.326. The van der Waals surface area contributed by atoms with Crippen molar-refractivity contribution in [3.63, 3.8) is 0 Å². The molecule has 1 unspecified atom stereocenters. The molecule has 0 bridgehead atoms. The number of hydrogen-bond acceptors (Lipinski definition) is 7. The maximum atomic E-state index is 11.4. The molecule has 0 spiro atoms. The summed E-state index contributed by atoms with van der Waals surface area (Å²) < 4.78 is 25.6. The Balaban J connectivity index is 2.23. The summed E-state index contributed by atoms with van der Waals surface area (Å²) in [5, 5.41) is 11.3. The quantitative estimate of drug-likeness (QED) is 0.669. The van der Waals surface area contributed by atoms with Crippen LogP contribution in [0, 0.1) is 0 Å². The summed E-state index contributed by atoms with van der Waals surface area (Å²) in [5.41, 5.74) is 0. The highest BCUT2D eigenvalue weighted by atomic mass is 32.2. The monoisotopic (exact) mass is 249 g/mol. The van der Waals surface area contributed by atoms with Gasteiger partial charge in [-0.25, -0.2) is 13.6 Å². The minimum Gasteiger partial charge on any atom is -0.284 e. The number of hydrogen-bond donors (Lipinski definition) is 1. The molecule has 0 aromatic carbocycles. The van der Waals surface area contributed by atoms with Crippen molar-refractivity contribution in [1.82, 2.24) is 14.8 Å². The second-order valence-corrected chi connectivity index (χ2v) is 5.62. The van der Waals surface area contributed by atoms with Crippen molar-refractivity contribution >= 4 is 32.6 Å². The number of rotatable bonds is 2. The van der Waals surface area contributed by atoms with Gasteiger partial charge in [0.05, 0.1) is 0 Å². The summed E-state index contributed by atoms with van der Waals surface area (Å²) >= 11 is 0.934. The first-order valence-corrected chi connectivity index (χ1v) is 6.34. The zero-order valence-electron chi connectivity index (χ0n) is 7.40. The number of carbonyl (C=O) groups excluding carboxylic acids is 1. The van der Waals surface area contributed by atoms with Crippen LogP contribution in [0.3, 0.4) is 0 Å². The Hall–Kier alpha value is -1.13. The van der Waals surface area contributed by atoms with E-state index in [1.54, 1.807) is 0 Å². The number of aromatic nitrogens is 3. The molecule has 1 aromatic rings. The van der Waals surface area contributed by atoms with E-state index < -0.39 is 15.3 Å². The largest absolute Gasteiger partial charge is 0.284 e. The molecule has 1 aromatic heterocycles. The Morgan fingerprint density at radius 1 is 1.53 bits per heavy atom. The molecule has 1 atom stereocenters. The van der Waals surface area contributed by atoms with Crippen LogP contribution in [0.4, 0.5) is 5.13 Å². The predicted molar refractivity (Wildman–Crippen MR) is 51.6 cm³/mol. The van der Waals surface area contributed by atoms with E-state index in [1.807, 2.05) is 0 Å². The summed E-state index contributed by atoms with van der Waals surface area (Å²) in [6.45, 7) is 0.0224. The average Bonchev–Trinajstić information content (AvgIpc) is 2.69. The van der Waals surface area contributed by atoms with Crippen molar-refractivity contribution in [2.45, 2.75) is 11.7 Å². The fourth-order valence-electron chi connectivity index (χ4n) is 1.31. The van der Waals surface area contributed by atoms with Crippen LogP contribution in [0.2, 0.25) is 0 Å². The van der Waals surface area contributed by atoms with Gasteiger partial charge in [-0.3, -0.25) is 9.69 Å². The topological polar surface area (TPSA) is 119 Å². The fraction of sp³-hybridized carbons (Fsp3) is 0.600. The molecule has 10 heteroatoms. The van der Waals surface area contributed by atoms with Crippen LogP contribution >= 0.6 is 11.5 Å². The van der Waals surface area contributed by atoms with Gasteiger partial charge in [0.2, 0.25) is 21.1 Å². The second kappa shape index (κ2) is 3.47. The highest BCUT2D eigenvalue weighted by Gasteiger charge is 2.38. The average molecular weight is 249 g/mol. The van der Waals surface area contributed by atoms with Gasteiger partial charge in [0.1, 0.15) is 5.25 Å². The number of nitrogens with zero attached hydrogens (tertiary/aromatic N) is 4. The number of primary sulfonamides is 1. The Morgan fingerprint density at radius 3 is 2.73 bits per heavy atom. The maximum absolute atomic E-state index is 11.4. The van der Waals surface area contributed by atoms with E-state index in [1.165, 1.54) is 4.90 Å². The van der Waals surface area contributed by atoms with E-state index in [2.05, 4.69) is 14.8 Å². The van der Waals surface area contributed by atoms with E-state index in [-0.39, 0.29) is 18.9 Å². The SMILES string of the molecule is NS(=O)(=O)C1CC(=O)N(c2nnns2)C1. The fourth-order valence-corrected chi connectivity index (χ4v) is 2.54. The van der Waals surface area contributed by atoms with Crippen molar-refractivity contribution in [2.24, 2.45) is 5.14 Å². The first-order valence-electron chi connectivity index (χ1n) is 3.95. The molecule has 82 valence electrons. The third kappa shape index (κ3) is 1.96. The lowest BCUT2D eigenvalue weighted by Gasteiger charge is -2.10. The number of carbonyl (C=O) groups is 1. The van der Waals surface area contributed by atoms with Crippen LogP contribution in [-0.2, 0) is 14.8 Å². The van der Waals surface area contributed by atoms with Crippen molar-refractivity contribution in [1.29, 1.82) is 0 Å². The molecule has 2 heterocycles. The van der Waals surface area contributed by atoms with Gasteiger partial charge in [0, 0.05) is 24.5 Å². The molecule has 2 N–H and O–H groups in total. The first kappa shape index (κ1) is 10.4. The van der Waals surface area contributed by atoms with Crippen molar-refractivity contribution < 1.29 is 13.2 Å². The predicted octanol–water partition coefficient (Wildman–Crippen LogP) is -1.67. The lowest BCUT2D eigenvalue weighted by molar-refractivity contribution is -0.117. The normalized spacial score (nSPS) is 22.3. The molecule has 2 rings (SSSR count). The van der Waals surface area contributed by atoms with Gasteiger partial charge in [-0.15, -0.1) is 0 Å². The smallest absolute Gasteiger partial charge is 0.234 e. The molecule has 1 aliphatic heterocycles. The van der Waals surface area contributed by atoms with Crippen LogP contribution in [0.1, 0.15) is 6.42 Å². The lowest BCUT2D eigenvalue weighted by Crippen LogP contribution is -2.32. The Labute approximate surface area is 89.3 Å². The van der Waals surface area contributed by atoms with E-state index in [4.69, 9.17) is 5.14 Å². The molecule has 0 saturated carbocycles. The Morgan fingerprint density at radius 2 is 2.27 bits per heavy atom. The van der Waals surface area contributed by atoms with Gasteiger partial charge in [0.15, 0.2) is 0 Å². The molecule has 15 heavy (non-hydrogen) atoms. The minimum absolute atomic E-state index is 0.0224. The molecule has 1 saturated heterocycles. The standard InChI is InChI=1S/C5H7N5O3S2/c6-15(12,13)3-1-4(11)10(2-3)5-7-8-9-14-5/h3H,1-2H2,(H2,6,12,13). The molecule has 1 amide bonds. The van der Waals surface area contributed by atoms with Crippen LogP contribution < -0.4 is 10.0 Å². The molecule has 1 fully saturated rings. The molecular formula is C5H7N5O3S2. The molecule has 1 aliphatic rings. The molecular weight excluding hydrogens is 242 g/mol. The Kier molecular flexibility index (Phi) is 2.40. The van der Waals surface area contributed by atoms with E-state index in [0.717, 1.165) is 11.5 Å². The summed E-state index contributed by atoms with van der Waals surface area (Å²) in [6, 6.07) is 0. The highest BCUT2D eigenvalue weighted by Crippen LogP contribution is 2.23. The van der Waals surface area contributed by atoms with E-state index in [9.17, 15) is 13.2 Å².